The van der Waals surface area contributed by atoms with E-state index < -0.39 is 0 Å². The molecule has 2 aromatic carbocycles. The minimum atomic E-state index is -0.250. The molecule has 0 fully saturated rings. The standard InChI is InChI=1S/C18H22N2O3/c1-12-5-6-13(2)17(7-12)20-18(21)19-11-14-8-15(22-3)10-16(9-14)23-4/h5-10H,11H2,1-4H3,(H2,19,20,21). The first-order chi connectivity index (χ1) is 11.0. The zero-order chi connectivity index (χ0) is 16.8. The Balaban J connectivity index is 2.00. The maximum atomic E-state index is 12.1. The lowest BCUT2D eigenvalue weighted by atomic mass is 10.1. The van der Waals surface area contributed by atoms with Gasteiger partial charge < -0.3 is 20.1 Å². The molecule has 0 heterocycles. The second-order valence-corrected chi connectivity index (χ2v) is 5.35. The second-order valence-electron chi connectivity index (χ2n) is 5.35. The fourth-order valence-electron chi connectivity index (χ4n) is 2.19. The largest absolute Gasteiger partial charge is 0.497 e. The molecule has 5 heteroatoms. The van der Waals surface area contributed by atoms with Crippen molar-refractivity contribution in [2.75, 3.05) is 19.5 Å². The van der Waals surface area contributed by atoms with Gasteiger partial charge in [-0.2, -0.15) is 0 Å². The lowest BCUT2D eigenvalue weighted by Crippen LogP contribution is -2.28. The number of urea groups is 1. The normalized spacial score (nSPS) is 10.1. The fraction of sp³-hybridized carbons (Fsp3) is 0.278. The first kappa shape index (κ1) is 16.7. The van der Waals surface area contributed by atoms with Crippen LogP contribution in [0.15, 0.2) is 36.4 Å². The highest BCUT2D eigenvalue weighted by Crippen LogP contribution is 2.22. The van der Waals surface area contributed by atoms with Gasteiger partial charge in [0.1, 0.15) is 11.5 Å². The molecule has 0 aliphatic rings. The van der Waals surface area contributed by atoms with Gasteiger partial charge in [-0.05, 0) is 48.7 Å². The number of ether oxygens (including phenoxy) is 2. The van der Waals surface area contributed by atoms with Crippen molar-refractivity contribution >= 4 is 11.7 Å². The predicted molar refractivity (Wildman–Crippen MR) is 91.3 cm³/mol. The van der Waals surface area contributed by atoms with E-state index in [4.69, 9.17) is 9.47 Å². The van der Waals surface area contributed by atoms with E-state index in [0.717, 1.165) is 22.4 Å². The lowest BCUT2D eigenvalue weighted by Gasteiger charge is -2.12. The fourth-order valence-corrected chi connectivity index (χ4v) is 2.19. The van der Waals surface area contributed by atoms with Crippen LogP contribution in [0.5, 0.6) is 11.5 Å². The number of methoxy groups -OCH3 is 2. The lowest BCUT2D eigenvalue weighted by molar-refractivity contribution is 0.251. The summed E-state index contributed by atoms with van der Waals surface area (Å²) in [5.41, 5.74) is 3.83. The van der Waals surface area contributed by atoms with Crippen LogP contribution in [0.25, 0.3) is 0 Å². The quantitative estimate of drug-likeness (QED) is 0.886. The summed E-state index contributed by atoms with van der Waals surface area (Å²) in [5.74, 6) is 1.38. The highest BCUT2D eigenvalue weighted by atomic mass is 16.5. The van der Waals surface area contributed by atoms with Crippen molar-refractivity contribution in [2.24, 2.45) is 0 Å². The minimum absolute atomic E-state index is 0.250. The van der Waals surface area contributed by atoms with Crippen molar-refractivity contribution in [3.8, 4) is 11.5 Å². The zero-order valence-electron chi connectivity index (χ0n) is 13.9. The molecule has 2 N–H and O–H groups in total. The molecule has 122 valence electrons. The molecule has 2 aromatic rings. The summed E-state index contributed by atoms with van der Waals surface area (Å²) in [6, 6.07) is 11.2. The third-order valence-corrected chi connectivity index (χ3v) is 3.51. The number of amides is 2. The van der Waals surface area contributed by atoms with Crippen LogP contribution in [0.4, 0.5) is 10.5 Å². The summed E-state index contributed by atoms with van der Waals surface area (Å²) in [7, 11) is 3.19. The van der Waals surface area contributed by atoms with Gasteiger partial charge in [0, 0.05) is 18.3 Å². The molecule has 0 aromatic heterocycles. The van der Waals surface area contributed by atoms with Crippen LogP contribution in [0.3, 0.4) is 0 Å². The highest BCUT2D eigenvalue weighted by molar-refractivity contribution is 5.90. The number of hydrogen-bond donors (Lipinski definition) is 2. The van der Waals surface area contributed by atoms with Crippen LogP contribution in [0.2, 0.25) is 0 Å². The first-order valence-corrected chi connectivity index (χ1v) is 7.36. The summed E-state index contributed by atoms with van der Waals surface area (Å²) < 4.78 is 10.4. The molecular formula is C18H22N2O3. The Kier molecular flexibility index (Phi) is 5.46. The Morgan fingerprint density at radius 1 is 1.00 bits per heavy atom. The number of aryl methyl sites for hydroxylation is 2. The van der Waals surface area contributed by atoms with Gasteiger partial charge in [-0.1, -0.05) is 12.1 Å². The van der Waals surface area contributed by atoms with E-state index in [0.29, 0.717) is 18.0 Å². The van der Waals surface area contributed by atoms with Gasteiger partial charge in [-0.15, -0.1) is 0 Å². The topological polar surface area (TPSA) is 59.6 Å². The Bertz CT molecular complexity index is 676. The van der Waals surface area contributed by atoms with Gasteiger partial charge >= 0.3 is 6.03 Å². The molecule has 5 nitrogen and oxygen atoms in total. The summed E-state index contributed by atoms with van der Waals surface area (Å²) in [6.07, 6.45) is 0. The van der Waals surface area contributed by atoms with Gasteiger partial charge in [0.2, 0.25) is 0 Å². The van der Waals surface area contributed by atoms with Crippen molar-refractivity contribution < 1.29 is 14.3 Å². The molecule has 2 amide bonds. The van der Waals surface area contributed by atoms with Crippen LogP contribution in [0.1, 0.15) is 16.7 Å². The first-order valence-electron chi connectivity index (χ1n) is 7.36. The van der Waals surface area contributed by atoms with E-state index >= 15 is 0 Å². The Labute approximate surface area is 136 Å². The van der Waals surface area contributed by atoms with Gasteiger partial charge in [0.25, 0.3) is 0 Å². The molecule has 0 aliphatic carbocycles. The average molecular weight is 314 g/mol. The van der Waals surface area contributed by atoms with Gasteiger partial charge in [0.15, 0.2) is 0 Å². The van der Waals surface area contributed by atoms with Crippen molar-refractivity contribution in [3.63, 3.8) is 0 Å². The van der Waals surface area contributed by atoms with Crippen LogP contribution in [-0.4, -0.2) is 20.3 Å². The van der Waals surface area contributed by atoms with Crippen LogP contribution < -0.4 is 20.1 Å². The number of hydrogen-bond acceptors (Lipinski definition) is 3. The number of benzene rings is 2. The molecule has 0 atom stereocenters. The van der Waals surface area contributed by atoms with Gasteiger partial charge in [-0.3, -0.25) is 0 Å². The van der Waals surface area contributed by atoms with E-state index in [9.17, 15) is 4.79 Å². The maximum Gasteiger partial charge on any atom is 0.319 e. The average Bonchev–Trinajstić information content (AvgIpc) is 2.56. The van der Waals surface area contributed by atoms with E-state index in [2.05, 4.69) is 10.6 Å². The number of rotatable bonds is 5. The van der Waals surface area contributed by atoms with Crippen molar-refractivity contribution in [1.29, 1.82) is 0 Å². The second kappa shape index (κ2) is 7.54. The van der Waals surface area contributed by atoms with Crippen molar-refractivity contribution in [1.82, 2.24) is 5.32 Å². The van der Waals surface area contributed by atoms with E-state index in [1.54, 1.807) is 20.3 Å². The monoisotopic (exact) mass is 314 g/mol. The predicted octanol–water partition coefficient (Wildman–Crippen LogP) is 3.64. The van der Waals surface area contributed by atoms with E-state index in [1.807, 2.05) is 44.2 Å². The summed E-state index contributed by atoms with van der Waals surface area (Å²) in [5, 5.41) is 5.70. The maximum absolute atomic E-state index is 12.1. The third kappa shape index (κ3) is 4.64. The van der Waals surface area contributed by atoms with Crippen molar-refractivity contribution in [2.45, 2.75) is 20.4 Å². The molecule has 0 spiro atoms. The molecule has 0 radical (unpaired) electrons. The summed E-state index contributed by atoms with van der Waals surface area (Å²) in [6.45, 7) is 4.33. The van der Waals surface area contributed by atoms with E-state index in [-0.39, 0.29) is 6.03 Å². The number of nitrogens with one attached hydrogen (secondary N) is 2. The Morgan fingerprint density at radius 2 is 1.65 bits per heavy atom. The van der Waals surface area contributed by atoms with Crippen LogP contribution >= 0.6 is 0 Å². The molecule has 0 unspecified atom stereocenters. The Morgan fingerprint density at radius 3 is 2.26 bits per heavy atom. The molecule has 2 rings (SSSR count). The van der Waals surface area contributed by atoms with Gasteiger partial charge in [0.05, 0.1) is 14.2 Å². The molecule has 23 heavy (non-hydrogen) atoms. The summed E-state index contributed by atoms with van der Waals surface area (Å²) in [4.78, 5) is 12.1. The minimum Gasteiger partial charge on any atom is -0.497 e. The molecule has 0 saturated carbocycles. The van der Waals surface area contributed by atoms with Crippen LogP contribution in [0, 0.1) is 13.8 Å². The molecule has 0 bridgehead atoms. The highest BCUT2D eigenvalue weighted by Gasteiger charge is 2.06. The van der Waals surface area contributed by atoms with E-state index in [1.165, 1.54) is 0 Å². The number of anilines is 1. The number of carbonyl (C=O) groups is 1. The zero-order valence-corrected chi connectivity index (χ0v) is 13.9. The smallest absolute Gasteiger partial charge is 0.319 e. The third-order valence-electron chi connectivity index (χ3n) is 3.51. The van der Waals surface area contributed by atoms with Crippen LogP contribution in [-0.2, 0) is 6.54 Å². The van der Waals surface area contributed by atoms with Crippen molar-refractivity contribution in [3.05, 3.63) is 53.1 Å². The summed E-state index contributed by atoms with van der Waals surface area (Å²) >= 11 is 0. The molecule has 0 saturated heterocycles. The SMILES string of the molecule is COc1cc(CNC(=O)Nc2cc(C)ccc2C)cc(OC)c1. The van der Waals surface area contributed by atoms with Gasteiger partial charge in [-0.25, -0.2) is 4.79 Å². The Hall–Kier alpha value is -2.69. The molecular weight excluding hydrogens is 292 g/mol. The number of carbonyl (C=O) groups excluding carboxylic acids is 1. The molecule has 0 aliphatic heterocycles.